The first-order chi connectivity index (χ1) is 19.0. The minimum absolute atomic E-state index is 0.152. The van der Waals surface area contributed by atoms with Crippen molar-refractivity contribution in [3.63, 3.8) is 0 Å². The van der Waals surface area contributed by atoms with E-state index in [-0.39, 0.29) is 24.3 Å². The normalized spacial score (nSPS) is 14.8. The summed E-state index contributed by atoms with van der Waals surface area (Å²) in [6.07, 6.45) is 1.67. The van der Waals surface area contributed by atoms with Crippen molar-refractivity contribution < 1.29 is 14.3 Å². The zero-order valence-corrected chi connectivity index (χ0v) is 22.4. The number of esters is 1. The van der Waals surface area contributed by atoms with Gasteiger partial charge in [0.25, 0.3) is 5.56 Å². The second-order valence-electron chi connectivity index (χ2n) is 8.47. The number of halogens is 1. The number of nitriles is 1. The van der Waals surface area contributed by atoms with E-state index in [1.54, 1.807) is 31.2 Å². The summed E-state index contributed by atoms with van der Waals surface area (Å²) >= 11 is 7.43. The SMILES string of the molecule is CCOC(=O)C1=C(c2ccccc2)N=c2s/c(=C\c3cc(Cl)ccc3OCC#N)c(=O)n2[C@H]1c1ccccc1. The smallest absolute Gasteiger partial charge is 0.338 e. The highest BCUT2D eigenvalue weighted by Crippen LogP contribution is 2.35. The van der Waals surface area contributed by atoms with Crippen molar-refractivity contribution in [1.29, 1.82) is 5.26 Å². The monoisotopic (exact) mass is 555 g/mol. The fourth-order valence-electron chi connectivity index (χ4n) is 4.41. The lowest BCUT2D eigenvalue weighted by Crippen LogP contribution is -2.40. The Morgan fingerprint density at radius 3 is 2.54 bits per heavy atom. The molecule has 0 amide bonds. The molecule has 1 aliphatic rings. The second kappa shape index (κ2) is 11.5. The first-order valence-electron chi connectivity index (χ1n) is 12.1. The van der Waals surface area contributed by atoms with Crippen LogP contribution in [0.15, 0.2) is 94.2 Å². The molecule has 0 N–H and O–H groups in total. The number of thiazole rings is 1. The van der Waals surface area contributed by atoms with E-state index in [1.165, 1.54) is 15.9 Å². The number of nitrogens with zero attached hydrogens (tertiary/aromatic N) is 3. The van der Waals surface area contributed by atoms with Gasteiger partial charge in [0.15, 0.2) is 11.4 Å². The Labute approximate surface area is 233 Å². The Morgan fingerprint density at radius 2 is 1.85 bits per heavy atom. The number of fused-ring (bicyclic) bond motifs is 1. The van der Waals surface area contributed by atoms with Gasteiger partial charge in [0.1, 0.15) is 11.8 Å². The van der Waals surface area contributed by atoms with Gasteiger partial charge < -0.3 is 9.47 Å². The summed E-state index contributed by atoms with van der Waals surface area (Å²) in [6, 6.07) is 24.9. The highest BCUT2D eigenvalue weighted by molar-refractivity contribution is 7.07. The quantitative estimate of drug-likeness (QED) is 0.313. The van der Waals surface area contributed by atoms with Gasteiger partial charge >= 0.3 is 5.97 Å². The number of hydrogen-bond donors (Lipinski definition) is 0. The highest BCUT2D eigenvalue weighted by atomic mass is 35.5. The van der Waals surface area contributed by atoms with Crippen LogP contribution in [0.4, 0.5) is 0 Å². The van der Waals surface area contributed by atoms with E-state index < -0.39 is 12.0 Å². The molecule has 4 aromatic rings. The third-order valence-electron chi connectivity index (χ3n) is 6.04. The third kappa shape index (κ3) is 5.28. The fourth-order valence-corrected chi connectivity index (χ4v) is 5.58. The van der Waals surface area contributed by atoms with Crippen molar-refractivity contribution in [2.45, 2.75) is 13.0 Å². The number of carbonyl (C=O) groups is 1. The van der Waals surface area contributed by atoms with Crippen molar-refractivity contribution in [3.05, 3.63) is 126 Å². The van der Waals surface area contributed by atoms with E-state index in [4.69, 9.17) is 31.3 Å². The molecule has 0 radical (unpaired) electrons. The molecule has 0 bridgehead atoms. The largest absolute Gasteiger partial charge is 0.478 e. The lowest BCUT2D eigenvalue weighted by molar-refractivity contribution is -0.138. The number of rotatable bonds is 7. The molecule has 3 aromatic carbocycles. The molecule has 0 saturated heterocycles. The fraction of sp³-hybridized carbons (Fsp3) is 0.133. The van der Waals surface area contributed by atoms with E-state index >= 15 is 0 Å². The van der Waals surface area contributed by atoms with Crippen molar-refractivity contribution in [2.75, 3.05) is 13.2 Å². The Hall–Kier alpha value is -4.45. The molecular formula is C30H22ClN3O4S. The minimum Gasteiger partial charge on any atom is -0.478 e. The van der Waals surface area contributed by atoms with Gasteiger partial charge in [-0.3, -0.25) is 9.36 Å². The van der Waals surface area contributed by atoms with E-state index in [1.807, 2.05) is 66.7 Å². The van der Waals surface area contributed by atoms with Crippen molar-refractivity contribution >= 4 is 40.7 Å². The lowest BCUT2D eigenvalue weighted by atomic mass is 9.93. The molecule has 0 aliphatic carbocycles. The summed E-state index contributed by atoms with van der Waals surface area (Å²) in [4.78, 5) is 32.7. The van der Waals surface area contributed by atoms with Gasteiger partial charge in [-0.25, -0.2) is 9.79 Å². The molecule has 0 saturated carbocycles. The van der Waals surface area contributed by atoms with Crippen LogP contribution in [0.5, 0.6) is 5.75 Å². The maximum Gasteiger partial charge on any atom is 0.338 e. The second-order valence-corrected chi connectivity index (χ2v) is 9.92. The molecule has 5 rings (SSSR count). The molecule has 9 heteroatoms. The van der Waals surface area contributed by atoms with E-state index in [0.29, 0.717) is 31.4 Å². The summed E-state index contributed by atoms with van der Waals surface area (Å²) < 4.78 is 12.9. The van der Waals surface area contributed by atoms with Crippen LogP contribution in [0.3, 0.4) is 0 Å². The molecule has 0 spiro atoms. The standard InChI is InChI=1S/C30H22ClN3O4S/c1-2-37-29(36)25-26(19-9-5-3-6-10-19)33-30-34(27(25)20-11-7-4-8-12-20)28(35)24(39-30)18-21-17-22(31)13-14-23(21)38-16-15-32/h3-14,17-18,27H,2,16H2,1H3/b24-18-/t27-/m0/s1. The molecule has 1 aromatic heterocycles. The number of ether oxygens (including phenoxy) is 2. The van der Waals surface area contributed by atoms with Gasteiger partial charge in [-0.05, 0) is 36.8 Å². The van der Waals surface area contributed by atoms with Crippen LogP contribution in [0.2, 0.25) is 5.02 Å². The van der Waals surface area contributed by atoms with Gasteiger partial charge in [0.05, 0.1) is 28.5 Å². The van der Waals surface area contributed by atoms with E-state index in [9.17, 15) is 9.59 Å². The summed E-state index contributed by atoms with van der Waals surface area (Å²) in [7, 11) is 0. The summed E-state index contributed by atoms with van der Waals surface area (Å²) in [6.45, 7) is 1.77. The maximum atomic E-state index is 14.0. The molecule has 0 fully saturated rings. The zero-order valence-electron chi connectivity index (χ0n) is 20.8. The number of aromatic nitrogens is 1. The van der Waals surface area contributed by atoms with Gasteiger partial charge in [0.2, 0.25) is 0 Å². The summed E-state index contributed by atoms with van der Waals surface area (Å²) in [5.41, 5.74) is 2.45. The average Bonchev–Trinajstić information content (AvgIpc) is 3.27. The molecule has 39 heavy (non-hydrogen) atoms. The van der Waals surface area contributed by atoms with Gasteiger partial charge in [-0.15, -0.1) is 0 Å². The highest BCUT2D eigenvalue weighted by Gasteiger charge is 2.35. The third-order valence-corrected chi connectivity index (χ3v) is 7.26. The van der Waals surface area contributed by atoms with Crippen LogP contribution in [-0.4, -0.2) is 23.8 Å². The van der Waals surface area contributed by atoms with E-state index in [0.717, 1.165) is 11.1 Å². The molecule has 194 valence electrons. The van der Waals surface area contributed by atoms with Crippen molar-refractivity contribution in [3.8, 4) is 11.8 Å². The Balaban J connectivity index is 1.80. The molecule has 7 nitrogen and oxygen atoms in total. The van der Waals surface area contributed by atoms with Gasteiger partial charge in [0, 0.05) is 16.1 Å². The minimum atomic E-state index is -0.757. The summed E-state index contributed by atoms with van der Waals surface area (Å²) in [5.74, 6) is -0.117. The number of benzene rings is 3. The first-order valence-corrected chi connectivity index (χ1v) is 13.3. The molecule has 2 heterocycles. The van der Waals surface area contributed by atoms with Gasteiger partial charge in [-0.1, -0.05) is 83.6 Å². The van der Waals surface area contributed by atoms with Crippen LogP contribution in [-0.2, 0) is 9.53 Å². The van der Waals surface area contributed by atoms with Crippen molar-refractivity contribution in [2.24, 2.45) is 4.99 Å². The number of hydrogen-bond acceptors (Lipinski definition) is 7. The Bertz CT molecular complexity index is 1790. The predicted octanol–water partition coefficient (Wildman–Crippen LogP) is 4.49. The average molecular weight is 556 g/mol. The molecular weight excluding hydrogens is 534 g/mol. The van der Waals surface area contributed by atoms with Crippen LogP contribution in [0.25, 0.3) is 11.8 Å². The Kier molecular flexibility index (Phi) is 7.73. The molecule has 0 unspecified atom stereocenters. The van der Waals surface area contributed by atoms with Crippen LogP contribution in [0.1, 0.15) is 29.7 Å². The van der Waals surface area contributed by atoms with Crippen LogP contribution >= 0.6 is 22.9 Å². The zero-order chi connectivity index (χ0) is 27.4. The summed E-state index contributed by atoms with van der Waals surface area (Å²) in [5, 5.41) is 9.42. The lowest BCUT2D eigenvalue weighted by Gasteiger charge is -2.25. The molecule has 1 atom stereocenters. The van der Waals surface area contributed by atoms with Crippen LogP contribution < -0.4 is 19.6 Å². The number of carbonyl (C=O) groups excluding carboxylic acids is 1. The first kappa shape index (κ1) is 26.2. The predicted molar refractivity (Wildman–Crippen MR) is 150 cm³/mol. The van der Waals surface area contributed by atoms with Crippen LogP contribution in [0, 0.1) is 11.3 Å². The van der Waals surface area contributed by atoms with Crippen molar-refractivity contribution in [1.82, 2.24) is 4.57 Å². The topological polar surface area (TPSA) is 93.7 Å². The molecule has 1 aliphatic heterocycles. The Morgan fingerprint density at radius 1 is 1.13 bits per heavy atom. The maximum absolute atomic E-state index is 14.0. The van der Waals surface area contributed by atoms with Gasteiger partial charge in [-0.2, -0.15) is 5.26 Å². The van der Waals surface area contributed by atoms with E-state index in [2.05, 4.69) is 0 Å².